The fraction of sp³-hybridized carbons (Fsp3) is 0.357. The van der Waals surface area contributed by atoms with Crippen LogP contribution >= 0.6 is 15.9 Å². The summed E-state index contributed by atoms with van der Waals surface area (Å²) in [4.78, 5) is 0. The summed E-state index contributed by atoms with van der Waals surface area (Å²) in [6.07, 6.45) is 1.03. The number of nitrogens with one attached hydrogen (secondary N) is 2. The van der Waals surface area contributed by atoms with Crippen molar-refractivity contribution in [2.45, 2.75) is 33.2 Å². The highest BCUT2D eigenvalue weighted by atomic mass is 79.9. The molecule has 2 aromatic rings. The summed E-state index contributed by atoms with van der Waals surface area (Å²) >= 11 is 3.46. The number of hydrogen-bond donors (Lipinski definition) is 2. The molecule has 1 aromatic carbocycles. The molecule has 2 rings (SSSR count). The third-order valence-electron chi connectivity index (χ3n) is 3.13. The molecule has 18 heavy (non-hydrogen) atoms. The summed E-state index contributed by atoms with van der Waals surface area (Å²) in [5, 5.41) is 10.8. The zero-order chi connectivity index (χ0) is 13.1. The first-order chi connectivity index (χ1) is 8.61. The number of nitrogens with zero attached hydrogens (tertiary/aromatic N) is 1. The predicted molar refractivity (Wildman–Crippen MR) is 78.9 cm³/mol. The van der Waals surface area contributed by atoms with E-state index in [0.29, 0.717) is 6.04 Å². The molecule has 0 aliphatic heterocycles. The third kappa shape index (κ3) is 2.75. The molecule has 2 N–H and O–H groups in total. The lowest BCUT2D eigenvalue weighted by molar-refractivity contribution is 0.747. The van der Waals surface area contributed by atoms with Crippen LogP contribution in [0.4, 0.5) is 5.69 Å². The van der Waals surface area contributed by atoms with E-state index in [1.165, 1.54) is 5.56 Å². The molecule has 0 saturated carbocycles. The van der Waals surface area contributed by atoms with Gasteiger partial charge in [-0.1, -0.05) is 35.0 Å². The second kappa shape index (κ2) is 5.57. The van der Waals surface area contributed by atoms with Gasteiger partial charge in [0.2, 0.25) is 0 Å². The monoisotopic (exact) mass is 307 g/mol. The van der Waals surface area contributed by atoms with Crippen LogP contribution in [0.2, 0.25) is 0 Å². The minimum Gasteiger partial charge on any atom is -0.375 e. The maximum atomic E-state index is 4.22. The van der Waals surface area contributed by atoms with Crippen LogP contribution in [0.3, 0.4) is 0 Å². The van der Waals surface area contributed by atoms with Gasteiger partial charge in [-0.05, 0) is 38.0 Å². The fourth-order valence-corrected chi connectivity index (χ4v) is 2.32. The van der Waals surface area contributed by atoms with Gasteiger partial charge in [0.05, 0.1) is 23.1 Å². The Hall–Kier alpha value is -1.29. The third-order valence-corrected chi connectivity index (χ3v) is 3.66. The summed E-state index contributed by atoms with van der Waals surface area (Å²) in [5.41, 5.74) is 4.51. The van der Waals surface area contributed by atoms with Crippen molar-refractivity contribution >= 4 is 21.6 Å². The Morgan fingerprint density at radius 2 is 1.94 bits per heavy atom. The van der Waals surface area contributed by atoms with Crippen molar-refractivity contribution in [3.8, 4) is 0 Å². The predicted octanol–water partition coefficient (Wildman–Crippen LogP) is 4.35. The van der Waals surface area contributed by atoms with E-state index in [4.69, 9.17) is 0 Å². The van der Waals surface area contributed by atoms with Gasteiger partial charge in [-0.15, -0.1) is 0 Å². The molecule has 0 saturated heterocycles. The van der Waals surface area contributed by atoms with E-state index in [9.17, 15) is 0 Å². The minimum atomic E-state index is 0.313. The molecular weight excluding hydrogens is 290 g/mol. The lowest BCUT2D eigenvalue weighted by atomic mass is 10.0. The van der Waals surface area contributed by atoms with Gasteiger partial charge in [-0.2, -0.15) is 5.10 Å². The van der Waals surface area contributed by atoms with Crippen molar-refractivity contribution in [2.24, 2.45) is 0 Å². The molecule has 1 heterocycles. The number of hydrogen-bond acceptors (Lipinski definition) is 2. The Kier molecular flexibility index (Phi) is 4.07. The van der Waals surface area contributed by atoms with Gasteiger partial charge in [0.15, 0.2) is 0 Å². The number of rotatable bonds is 4. The molecule has 1 atom stereocenters. The molecular formula is C14H18BrN3. The lowest BCUT2D eigenvalue weighted by Gasteiger charge is -2.19. The number of aryl methyl sites for hydroxylation is 2. The average molecular weight is 308 g/mol. The lowest BCUT2D eigenvalue weighted by Crippen LogP contribution is -2.10. The molecule has 4 heteroatoms. The van der Waals surface area contributed by atoms with E-state index in [-0.39, 0.29) is 0 Å². The van der Waals surface area contributed by atoms with E-state index >= 15 is 0 Å². The van der Waals surface area contributed by atoms with Crippen LogP contribution in [-0.2, 0) is 0 Å². The summed E-state index contributed by atoms with van der Waals surface area (Å²) in [6, 6.07) is 8.77. The largest absolute Gasteiger partial charge is 0.375 e. The highest BCUT2D eigenvalue weighted by Gasteiger charge is 2.13. The topological polar surface area (TPSA) is 40.7 Å². The van der Waals surface area contributed by atoms with Crippen molar-refractivity contribution in [3.05, 3.63) is 45.7 Å². The van der Waals surface area contributed by atoms with Crippen molar-refractivity contribution in [2.75, 3.05) is 5.32 Å². The first-order valence-corrected chi connectivity index (χ1v) is 6.94. The van der Waals surface area contributed by atoms with E-state index in [1.807, 2.05) is 13.8 Å². The second-order valence-corrected chi connectivity index (χ2v) is 5.38. The zero-order valence-corrected chi connectivity index (χ0v) is 12.5. The molecule has 0 amide bonds. The Morgan fingerprint density at radius 1 is 1.28 bits per heavy atom. The number of anilines is 1. The maximum absolute atomic E-state index is 4.22. The van der Waals surface area contributed by atoms with Crippen molar-refractivity contribution in [1.29, 1.82) is 0 Å². The van der Waals surface area contributed by atoms with Crippen LogP contribution < -0.4 is 5.32 Å². The molecule has 1 aromatic heterocycles. The maximum Gasteiger partial charge on any atom is 0.0825 e. The van der Waals surface area contributed by atoms with Crippen molar-refractivity contribution in [1.82, 2.24) is 10.2 Å². The quantitative estimate of drug-likeness (QED) is 0.881. The standard InChI is InChI=1S/C14H18BrN3/c1-4-13(11-5-7-12(15)8-6-11)16-14-9(2)17-18-10(14)3/h5-8,13,16H,4H2,1-3H3,(H,17,18). The molecule has 1 unspecified atom stereocenters. The first kappa shape index (κ1) is 13.1. The summed E-state index contributed by atoms with van der Waals surface area (Å²) < 4.78 is 1.11. The smallest absolute Gasteiger partial charge is 0.0825 e. The summed E-state index contributed by atoms with van der Waals surface area (Å²) in [5.74, 6) is 0. The normalized spacial score (nSPS) is 12.4. The van der Waals surface area contributed by atoms with Gasteiger partial charge in [-0.25, -0.2) is 0 Å². The number of aromatic amines is 1. The van der Waals surface area contributed by atoms with Gasteiger partial charge in [0.25, 0.3) is 0 Å². The second-order valence-electron chi connectivity index (χ2n) is 4.47. The SMILES string of the molecule is CCC(Nc1c(C)n[nH]c1C)c1ccc(Br)cc1. The van der Waals surface area contributed by atoms with Gasteiger partial charge in [0, 0.05) is 4.47 Å². The molecule has 96 valence electrons. The Labute approximate surface area is 116 Å². The number of halogens is 1. The summed E-state index contributed by atoms with van der Waals surface area (Å²) in [7, 11) is 0. The Morgan fingerprint density at radius 3 is 2.44 bits per heavy atom. The molecule has 0 fully saturated rings. The number of H-pyrrole nitrogens is 1. The van der Waals surface area contributed by atoms with E-state index in [1.54, 1.807) is 0 Å². The minimum absolute atomic E-state index is 0.313. The average Bonchev–Trinajstić information content (AvgIpc) is 2.68. The van der Waals surface area contributed by atoms with Crippen LogP contribution in [0.5, 0.6) is 0 Å². The highest BCUT2D eigenvalue weighted by molar-refractivity contribution is 9.10. The van der Waals surface area contributed by atoms with Crippen LogP contribution in [0.15, 0.2) is 28.7 Å². The molecule has 0 aliphatic rings. The number of aromatic nitrogens is 2. The van der Waals surface area contributed by atoms with Gasteiger partial charge < -0.3 is 5.32 Å². The van der Waals surface area contributed by atoms with E-state index in [0.717, 1.165) is 28.0 Å². The molecule has 0 bridgehead atoms. The van der Waals surface area contributed by atoms with Gasteiger partial charge >= 0.3 is 0 Å². The van der Waals surface area contributed by atoms with Crippen LogP contribution in [0.1, 0.15) is 36.3 Å². The van der Waals surface area contributed by atoms with Gasteiger partial charge in [0.1, 0.15) is 0 Å². The number of benzene rings is 1. The summed E-state index contributed by atoms with van der Waals surface area (Å²) in [6.45, 7) is 6.24. The molecule has 3 nitrogen and oxygen atoms in total. The Bertz CT molecular complexity index is 497. The van der Waals surface area contributed by atoms with Crippen LogP contribution in [0.25, 0.3) is 0 Å². The Balaban J connectivity index is 2.22. The van der Waals surface area contributed by atoms with Crippen LogP contribution in [0, 0.1) is 13.8 Å². The van der Waals surface area contributed by atoms with Crippen LogP contribution in [-0.4, -0.2) is 10.2 Å². The fourth-order valence-electron chi connectivity index (χ4n) is 2.05. The molecule has 0 spiro atoms. The molecule has 0 aliphatic carbocycles. The highest BCUT2D eigenvalue weighted by Crippen LogP contribution is 2.26. The van der Waals surface area contributed by atoms with E-state index < -0.39 is 0 Å². The first-order valence-electron chi connectivity index (χ1n) is 6.15. The zero-order valence-electron chi connectivity index (χ0n) is 10.9. The van der Waals surface area contributed by atoms with E-state index in [2.05, 4.69) is 62.6 Å². The van der Waals surface area contributed by atoms with Crippen molar-refractivity contribution in [3.63, 3.8) is 0 Å². The van der Waals surface area contributed by atoms with Crippen molar-refractivity contribution < 1.29 is 0 Å². The molecule has 0 radical (unpaired) electrons. The van der Waals surface area contributed by atoms with Gasteiger partial charge in [-0.3, -0.25) is 5.10 Å².